The molecule has 2 aromatic rings. The van der Waals surface area contributed by atoms with E-state index in [-0.39, 0.29) is 12.5 Å². The first-order valence-electron chi connectivity index (χ1n) is 10.9. The number of nitrogens with two attached hydrogens (primary N) is 1. The van der Waals surface area contributed by atoms with Crippen molar-refractivity contribution >= 4 is 5.97 Å². The van der Waals surface area contributed by atoms with E-state index in [0.717, 1.165) is 25.7 Å². The highest BCUT2D eigenvalue weighted by molar-refractivity contribution is 5.79. The van der Waals surface area contributed by atoms with E-state index in [1.807, 2.05) is 24.3 Å². The first-order valence-corrected chi connectivity index (χ1v) is 10.9. The van der Waals surface area contributed by atoms with E-state index in [2.05, 4.69) is 4.98 Å². The van der Waals surface area contributed by atoms with Crippen molar-refractivity contribution in [2.75, 3.05) is 0 Å². The van der Waals surface area contributed by atoms with Gasteiger partial charge in [0.15, 0.2) is 5.60 Å². The average molecular weight is 411 g/mol. The quantitative estimate of drug-likeness (QED) is 0.612. The number of carboxylic acid groups (broad SMARTS) is 1. The minimum atomic E-state index is -2.17. The molecule has 0 bridgehead atoms. The molecule has 2 atom stereocenters. The summed E-state index contributed by atoms with van der Waals surface area (Å²) in [5, 5.41) is 20.9. The summed E-state index contributed by atoms with van der Waals surface area (Å²) in [7, 11) is 0. The number of hydrogen-bond acceptors (Lipinski definition) is 5. The molecular formula is C24H30N2O4. The molecule has 0 radical (unpaired) electrons. The van der Waals surface area contributed by atoms with Gasteiger partial charge in [-0.3, -0.25) is 4.98 Å². The van der Waals surface area contributed by atoms with Gasteiger partial charge in [0.25, 0.3) is 0 Å². The van der Waals surface area contributed by atoms with E-state index < -0.39 is 17.6 Å². The maximum atomic E-state index is 12.0. The van der Waals surface area contributed by atoms with Gasteiger partial charge in [0, 0.05) is 24.4 Å². The van der Waals surface area contributed by atoms with Crippen LogP contribution in [0, 0.1) is 0 Å². The SMILES string of the molecule is N[C@@H](c1ccc(C2CC2)cc1)[C@](O)(Cc1cc(OC2CCCCC2)ccn1)C(=O)O. The maximum absolute atomic E-state index is 12.0. The smallest absolute Gasteiger partial charge is 0.338 e. The number of aliphatic hydroxyl groups is 1. The third-order valence-corrected chi connectivity index (χ3v) is 6.32. The predicted molar refractivity (Wildman–Crippen MR) is 113 cm³/mol. The van der Waals surface area contributed by atoms with Crippen LogP contribution in [0.25, 0.3) is 0 Å². The van der Waals surface area contributed by atoms with Gasteiger partial charge in [-0.05, 0) is 61.6 Å². The fourth-order valence-corrected chi connectivity index (χ4v) is 4.26. The fourth-order valence-electron chi connectivity index (χ4n) is 4.26. The van der Waals surface area contributed by atoms with E-state index in [1.165, 1.54) is 24.8 Å². The van der Waals surface area contributed by atoms with Crippen molar-refractivity contribution < 1.29 is 19.7 Å². The standard InChI is InChI=1S/C24H30N2O4/c25-22(18-10-8-17(9-11-18)16-6-7-16)24(29,23(27)28)15-19-14-21(12-13-26-19)30-20-4-2-1-3-5-20/h8-14,16,20,22,29H,1-7,15,25H2,(H,27,28)/t22-,24+/m0/s1. The van der Waals surface area contributed by atoms with Crippen LogP contribution in [0.5, 0.6) is 5.75 Å². The number of benzene rings is 1. The molecule has 0 amide bonds. The lowest BCUT2D eigenvalue weighted by Crippen LogP contribution is -2.50. The molecule has 6 heteroatoms. The first-order chi connectivity index (χ1) is 14.5. The molecule has 0 saturated heterocycles. The van der Waals surface area contributed by atoms with Gasteiger partial charge in [-0.2, -0.15) is 0 Å². The molecule has 2 fully saturated rings. The maximum Gasteiger partial charge on any atom is 0.338 e. The third kappa shape index (κ3) is 4.65. The number of ether oxygens (including phenoxy) is 1. The molecule has 1 heterocycles. The molecule has 4 rings (SSSR count). The lowest BCUT2D eigenvalue weighted by molar-refractivity contribution is -0.161. The van der Waals surface area contributed by atoms with Gasteiger partial charge < -0.3 is 20.7 Å². The largest absolute Gasteiger partial charge is 0.490 e. The van der Waals surface area contributed by atoms with E-state index in [4.69, 9.17) is 10.5 Å². The molecule has 2 saturated carbocycles. The molecule has 160 valence electrons. The Bertz CT molecular complexity index is 875. The molecule has 1 aromatic carbocycles. The van der Waals surface area contributed by atoms with Crippen LogP contribution in [0.15, 0.2) is 42.6 Å². The number of hydrogen-bond donors (Lipinski definition) is 3. The summed E-state index contributed by atoms with van der Waals surface area (Å²) in [5.74, 6) is -0.103. The molecule has 0 spiro atoms. The molecular weight excluding hydrogens is 380 g/mol. The predicted octanol–water partition coefficient (Wildman–Crippen LogP) is 3.73. The molecule has 0 aliphatic heterocycles. The summed E-state index contributed by atoms with van der Waals surface area (Å²) >= 11 is 0. The van der Waals surface area contributed by atoms with Crippen molar-refractivity contribution in [1.29, 1.82) is 0 Å². The highest BCUT2D eigenvalue weighted by Crippen LogP contribution is 2.40. The van der Waals surface area contributed by atoms with Gasteiger partial charge in [-0.25, -0.2) is 4.79 Å². The van der Waals surface area contributed by atoms with Crippen LogP contribution in [0.4, 0.5) is 0 Å². The van der Waals surface area contributed by atoms with Crippen molar-refractivity contribution in [1.82, 2.24) is 4.98 Å². The average Bonchev–Trinajstić information content (AvgIpc) is 3.59. The summed E-state index contributed by atoms with van der Waals surface area (Å²) in [5.41, 5.74) is 6.37. The molecule has 30 heavy (non-hydrogen) atoms. The lowest BCUT2D eigenvalue weighted by Gasteiger charge is -2.30. The zero-order valence-corrected chi connectivity index (χ0v) is 17.2. The van der Waals surface area contributed by atoms with Crippen LogP contribution >= 0.6 is 0 Å². The zero-order chi connectivity index (χ0) is 21.1. The van der Waals surface area contributed by atoms with E-state index >= 15 is 0 Å². The second-order valence-electron chi connectivity index (χ2n) is 8.69. The minimum Gasteiger partial charge on any atom is -0.490 e. The van der Waals surface area contributed by atoms with Gasteiger partial charge in [0.05, 0.1) is 12.1 Å². The minimum absolute atomic E-state index is 0.180. The van der Waals surface area contributed by atoms with Gasteiger partial charge in [0.1, 0.15) is 5.75 Å². The van der Waals surface area contributed by atoms with Crippen molar-refractivity contribution in [2.24, 2.45) is 5.73 Å². The Morgan fingerprint density at radius 2 is 1.83 bits per heavy atom. The van der Waals surface area contributed by atoms with Gasteiger partial charge >= 0.3 is 5.97 Å². The monoisotopic (exact) mass is 410 g/mol. The van der Waals surface area contributed by atoms with E-state index in [1.54, 1.807) is 18.3 Å². The Labute approximate surface area is 177 Å². The van der Waals surface area contributed by atoms with Crippen LogP contribution in [0.1, 0.15) is 73.7 Å². The number of aliphatic carboxylic acids is 1. The van der Waals surface area contributed by atoms with Crippen LogP contribution in [-0.2, 0) is 11.2 Å². The topological polar surface area (TPSA) is 106 Å². The molecule has 2 aliphatic rings. The lowest BCUT2D eigenvalue weighted by atomic mass is 9.84. The summed E-state index contributed by atoms with van der Waals surface area (Å²) in [6.07, 6.45) is 9.57. The summed E-state index contributed by atoms with van der Waals surface area (Å²) in [6.45, 7) is 0. The second-order valence-corrected chi connectivity index (χ2v) is 8.69. The van der Waals surface area contributed by atoms with Crippen LogP contribution in [0.2, 0.25) is 0 Å². The molecule has 0 unspecified atom stereocenters. The fraction of sp³-hybridized carbons (Fsp3) is 0.500. The van der Waals surface area contributed by atoms with E-state index in [0.29, 0.717) is 22.9 Å². The number of nitrogens with zero attached hydrogens (tertiary/aromatic N) is 1. The Hall–Kier alpha value is -2.44. The Balaban J connectivity index is 1.50. The summed E-state index contributed by atoms with van der Waals surface area (Å²) < 4.78 is 6.06. The van der Waals surface area contributed by atoms with Crippen LogP contribution in [0.3, 0.4) is 0 Å². The van der Waals surface area contributed by atoms with Crippen molar-refractivity contribution in [3.8, 4) is 5.75 Å². The van der Waals surface area contributed by atoms with E-state index in [9.17, 15) is 15.0 Å². The first kappa shape index (κ1) is 20.8. The number of carboxylic acids is 1. The molecule has 4 N–H and O–H groups in total. The number of carbonyl (C=O) groups is 1. The van der Waals surface area contributed by atoms with Gasteiger partial charge in [0.2, 0.25) is 0 Å². The highest BCUT2D eigenvalue weighted by atomic mass is 16.5. The van der Waals surface area contributed by atoms with Crippen molar-refractivity contribution in [3.05, 3.63) is 59.4 Å². The van der Waals surface area contributed by atoms with Crippen LogP contribution < -0.4 is 10.5 Å². The second kappa shape index (κ2) is 8.74. The zero-order valence-electron chi connectivity index (χ0n) is 17.2. The van der Waals surface area contributed by atoms with Crippen molar-refractivity contribution in [3.63, 3.8) is 0 Å². The number of pyridine rings is 1. The van der Waals surface area contributed by atoms with Crippen molar-refractivity contribution in [2.45, 2.75) is 75.0 Å². The van der Waals surface area contributed by atoms with Crippen LogP contribution in [-0.4, -0.2) is 32.9 Å². The number of rotatable bonds is 8. The Kier molecular flexibility index (Phi) is 6.06. The Morgan fingerprint density at radius 1 is 1.13 bits per heavy atom. The molecule has 6 nitrogen and oxygen atoms in total. The summed E-state index contributed by atoms with van der Waals surface area (Å²) in [6, 6.07) is 10.0. The normalized spacial score (nSPS) is 20.3. The highest BCUT2D eigenvalue weighted by Gasteiger charge is 2.44. The third-order valence-electron chi connectivity index (χ3n) is 6.32. The molecule has 2 aliphatic carbocycles. The Morgan fingerprint density at radius 3 is 2.47 bits per heavy atom. The summed E-state index contributed by atoms with van der Waals surface area (Å²) in [4.78, 5) is 16.3. The van der Waals surface area contributed by atoms with Gasteiger partial charge in [-0.1, -0.05) is 30.7 Å². The number of aromatic nitrogens is 1. The van der Waals surface area contributed by atoms with Gasteiger partial charge in [-0.15, -0.1) is 0 Å². The molecule has 1 aromatic heterocycles.